The topological polar surface area (TPSA) is 34.1 Å². The molecule has 1 aromatic carbocycles. The maximum Gasteiger partial charge on any atom is 0.160 e. The highest BCUT2D eigenvalue weighted by atomic mass is 32.1. The monoisotopic (exact) mass is 1330 g/mol. The highest BCUT2D eigenvalue weighted by molar-refractivity contribution is 7.31. The Bertz CT molecular complexity index is 2470. The smallest absolute Gasteiger partial charge is 0.160 e. The van der Waals surface area contributed by atoms with E-state index in [1.807, 2.05) is 22.7 Å². The Morgan fingerprint density at radius 1 is 0.261 bits per heavy atom. The molecule has 2 aliphatic carbocycles. The molecule has 0 radical (unpaired) electrons. The van der Waals surface area contributed by atoms with Crippen molar-refractivity contribution in [3.63, 3.8) is 0 Å². The lowest BCUT2D eigenvalue weighted by Gasteiger charge is -2.35. The molecule has 0 fully saturated rings. The first-order valence-electron chi connectivity index (χ1n) is 40.7. The van der Waals surface area contributed by atoms with E-state index in [9.17, 15) is 9.59 Å². The molecule has 0 aliphatic heterocycles. The van der Waals surface area contributed by atoms with Crippen LogP contribution in [0.1, 0.15) is 455 Å². The number of unbranched alkanes of at least 4 members (excludes halogenated alkanes) is 52. The normalized spacial score (nSPS) is 13.7. The van der Waals surface area contributed by atoms with Crippen LogP contribution in [0.25, 0.3) is 39.7 Å². The fourth-order valence-electron chi connectivity index (χ4n) is 17.0. The lowest BCUT2D eigenvalue weighted by atomic mass is 9.68. The molecule has 4 aromatic heterocycles. The lowest BCUT2D eigenvalue weighted by molar-refractivity contribution is 0.111. The third kappa shape index (κ3) is 24.1. The zero-order valence-electron chi connectivity index (χ0n) is 60.3. The zero-order chi connectivity index (χ0) is 64.6. The second-order valence-corrected chi connectivity index (χ2v) is 34.3. The standard InChI is InChI=1S/C86H138O2S4/c1-5-9-13-17-21-25-29-33-37-41-45-49-53-57-61-85(62-58-54-50-46-42-38-34-30-26-22-18-14-10-6-2)75-67-74-76(68-73(75)81-79(85)83-77(91-81)65-71(69-87)89-83)86(80-82(74)92-78-66-72(70-88)90-84(78)80,63-59-55-51-47-43-39-35-31-27-23-19-15-11-7-3)64-60-56-52-48-44-40-36-32-28-24-20-16-12-8-4/h65-70H,5-64H2,1-4H3. The Morgan fingerprint density at radius 3 is 0.652 bits per heavy atom. The van der Waals surface area contributed by atoms with Crippen molar-refractivity contribution >= 4 is 76.7 Å². The predicted octanol–water partition coefficient (Wildman–Crippen LogP) is 31.9. The minimum absolute atomic E-state index is 0.0504. The van der Waals surface area contributed by atoms with E-state index in [2.05, 4.69) is 52.0 Å². The van der Waals surface area contributed by atoms with E-state index in [0.29, 0.717) is 0 Å². The summed E-state index contributed by atoms with van der Waals surface area (Å²) in [6.45, 7) is 9.29. The van der Waals surface area contributed by atoms with Gasteiger partial charge >= 0.3 is 0 Å². The molecule has 6 heteroatoms. The minimum atomic E-state index is -0.0504. The number of benzene rings is 1. The quantitative estimate of drug-likeness (QED) is 0.0287. The Labute approximate surface area is 583 Å². The highest BCUT2D eigenvalue weighted by Crippen LogP contribution is 2.66. The van der Waals surface area contributed by atoms with Gasteiger partial charge in [-0.05, 0) is 83.3 Å². The van der Waals surface area contributed by atoms with Crippen molar-refractivity contribution in [3.05, 3.63) is 56.3 Å². The molecule has 0 spiro atoms. The minimum Gasteiger partial charge on any atom is -0.297 e. The fourth-order valence-corrected chi connectivity index (χ4v) is 22.4. The van der Waals surface area contributed by atoms with E-state index >= 15 is 0 Å². The molecule has 0 amide bonds. The maximum absolute atomic E-state index is 12.7. The van der Waals surface area contributed by atoms with Gasteiger partial charge in [0, 0.05) is 30.0 Å². The molecule has 0 bridgehead atoms. The first kappa shape index (κ1) is 77.2. The molecular weight excluding hydrogens is 1190 g/mol. The van der Waals surface area contributed by atoms with E-state index < -0.39 is 0 Å². The molecule has 2 aliphatic rings. The first-order chi connectivity index (χ1) is 45.5. The fraction of sp³-hybridized carbons (Fsp3) is 0.767. The Morgan fingerprint density at radius 2 is 0.457 bits per heavy atom. The third-order valence-corrected chi connectivity index (χ3v) is 27.2. The number of rotatable bonds is 62. The van der Waals surface area contributed by atoms with Crippen LogP contribution >= 0.6 is 45.3 Å². The molecule has 5 aromatic rings. The van der Waals surface area contributed by atoms with E-state index in [1.54, 1.807) is 65.8 Å². The summed E-state index contributed by atoms with van der Waals surface area (Å²) >= 11 is 7.66. The molecule has 0 unspecified atom stereocenters. The van der Waals surface area contributed by atoms with Crippen molar-refractivity contribution in [1.29, 1.82) is 0 Å². The number of hydrogen-bond acceptors (Lipinski definition) is 6. The summed E-state index contributed by atoms with van der Waals surface area (Å²) in [4.78, 5) is 30.3. The van der Waals surface area contributed by atoms with Gasteiger partial charge in [-0.15, -0.1) is 45.3 Å². The van der Waals surface area contributed by atoms with Gasteiger partial charge in [0.05, 0.1) is 19.2 Å². The van der Waals surface area contributed by atoms with Gasteiger partial charge in [0.25, 0.3) is 0 Å². The van der Waals surface area contributed by atoms with E-state index in [0.717, 1.165) is 22.3 Å². The van der Waals surface area contributed by atoms with Crippen LogP contribution in [0.5, 0.6) is 0 Å². The van der Waals surface area contributed by atoms with Crippen molar-refractivity contribution in [2.24, 2.45) is 0 Å². The van der Waals surface area contributed by atoms with Crippen LogP contribution in [0.4, 0.5) is 0 Å². The summed E-state index contributed by atoms with van der Waals surface area (Å²) in [5.74, 6) is 0. The second-order valence-electron chi connectivity index (χ2n) is 30.0. The van der Waals surface area contributed by atoms with Gasteiger partial charge in [0.2, 0.25) is 0 Å². The van der Waals surface area contributed by atoms with Crippen molar-refractivity contribution < 1.29 is 9.59 Å². The van der Waals surface area contributed by atoms with Crippen LogP contribution in [0.15, 0.2) is 24.3 Å². The molecule has 4 heterocycles. The van der Waals surface area contributed by atoms with Crippen LogP contribution < -0.4 is 0 Å². The summed E-state index contributed by atoms with van der Waals surface area (Å²) in [5.41, 5.74) is 9.49. The lowest BCUT2D eigenvalue weighted by Crippen LogP contribution is -2.27. The predicted molar refractivity (Wildman–Crippen MR) is 416 cm³/mol. The third-order valence-electron chi connectivity index (χ3n) is 22.5. The second kappa shape index (κ2) is 46.2. The van der Waals surface area contributed by atoms with Crippen LogP contribution in [0.3, 0.4) is 0 Å². The number of carbonyl (C=O) groups excluding carboxylic acids is 2. The van der Waals surface area contributed by atoms with Gasteiger partial charge in [0.1, 0.15) is 0 Å². The maximum atomic E-state index is 12.7. The summed E-state index contributed by atoms with van der Waals surface area (Å²) < 4.78 is 5.54. The van der Waals surface area contributed by atoms with Crippen molar-refractivity contribution in [2.75, 3.05) is 0 Å². The van der Waals surface area contributed by atoms with Crippen molar-refractivity contribution in [1.82, 2.24) is 0 Å². The van der Waals surface area contributed by atoms with Crippen LogP contribution in [-0.2, 0) is 10.8 Å². The number of carbonyl (C=O) groups is 2. The van der Waals surface area contributed by atoms with Gasteiger partial charge < -0.3 is 0 Å². The molecule has 518 valence electrons. The van der Waals surface area contributed by atoms with E-state index in [1.165, 1.54) is 404 Å². The van der Waals surface area contributed by atoms with Gasteiger partial charge in [-0.25, -0.2) is 0 Å². The molecule has 0 atom stereocenters. The molecule has 0 N–H and O–H groups in total. The average Bonchev–Trinajstić information content (AvgIpc) is 1.51. The number of hydrogen-bond donors (Lipinski definition) is 0. The zero-order valence-corrected chi connectivity index (χ0v) is 63.6. The average molecular weight is 1330 g/mol. The molecular formula is C86H138O2S4. The van der Waals surface area contributed by atoms with Crippen molar-refractivity contribution in [3.8, 4) is 20.9 Å². The van der Waals surface area contributed by atoms with Crippen LogP contribution in [0.2, 0.25) is 0 Å². The molecule has 2 nitrogen and oxygen atoms in total. The Hall–Kier alpha value is -2.12. The molecule has 0 saturated carbocycles. The first-order valence-corrected chi connectivity index (χ1v) is 44.0. The summed E-state index contributed by atoms with van der Waals surface area (Å²) in [6.07, 6.45) is 84.8. The highest BCUT2D eigenvalue weighted by Gasteiger charge is 2.51. The van der Waals surface area contributed by atoms with Gasteiger partial charge in [-0.3, -0.25) is 9.59 Å². The largest absolute Gasteiger partial charge is 0.297 e. The molecule has 7 rings (SSSR count). The van der Waals surface area contributed by atoms with Gasteiger partial charge in [-0.1, -0.05) is 387 Å². The Kier molecular flexibility index (Phi) is 38.8. The van der Waals surface area contributed by atoms with Gasteiger partial charge in [0.15, 0.2) is 12.6 Å². The number of fused-ring (bicyclic) bond motifs is 10. The molecule has 0 saturated heterocycles. The summed E-state index contributed by atoms with van der Waals surface area (Å²) in [5, 5.41) is 0. The Balaban J connectivity index is 1.13. The van der Waals surface area contributed by atoms with Gasteiger partial charge in [-0.2, -0.15) is 0 Å². The number of aldehydes is 2. The SMILES string of the molecule is CCCCCCCCCCCCCCCCC1(CCCCCCCCCCCCCCCC)c2cc3c(cc2-c2sc4cc(C=O)sc4c21)C(CCCCCCCCCCCCCCCC)(CCCCCCCCCCCCCCCC)c1c-3sc2cc(C=O)sc12. The van der Waals surface area contributed by atoms with Crippen LogP contribution in [-0.4, -0.2) is 12.6 Å². The van der Waals surface area contributed by atoms with Crippen LogP contribution in [0, 0.1) is 0 Å². The summed E-state index contributed by atoms with van der Waals surface area (Å²) in [7, 11) is 0. The van der Waals surface area contributed by atoms with Crippen molar-refractivity contribution in [2.45, 2.75) is 424 Å². The summed E-state index contributed by atoms with van der Waals surface area (Å²) in [6, 6.07) is 10.2. The van der Waals surface area contributed by atoms with E-state index in [4.69, 9.17) is 0 Å². The molecule has 92 heavy (non-hydrogen) atoms. The number of thiophene rings is 4. The van der Waals surface area contributed by atoms with E-state index in [-0.39, 0.29) is 10.8 Å².